The lowest BCUT2D eigenvalue weighted by Crippen LogP contribution is -2.52. The Bertz CT molecular complexity index is 1760. The highest BCUT2D eigenvalue weighted by atomic mass is 16.2. The van der Waals surface area contributed by atoms with Gasteiger partial charge in [0.1, 0.15) is 12.3 Å². The summed E-state index contributed by atoms with van der Waals surface area (Å²) in [6, 6.07) is 9.38. The van der Waals surface area contributed by atoms with E-state index in [-0.39, 0.29) is 56.0 Å². The van der Waals surface area contributed by atoms with Gasteiger partial charge in [0.05, 0.1) is 42.9 Å². The zero-order valence-electron chi connectivity index (χ0n) is 25.7. The summed E-state index contributed by atoms with van der Waals surface area (Å²) in [6.07, 6.45) is 4.92. The van der Waals surface area contributed by atoms with Gasteiger partial charge in [-0.1, -0.05) is 12.1 Å². The molecule has 2 aromatic carbocycles. The van der Waals surface area contributed by atoms with Crippen LogP contribution in [0.25, 0.3) is 0 Å². The van der Waals surface area contributed by atoms with E-state index in [1.807, 2.05) is 12.1 Å². The molecule has 14 heteroatoms. The van der Waals surface area contributed by atoms with Crippen molar-refractivity contribution in [1.29, 1.82) is 0 Å². The molecule has 14 nitrogen and oxygen atoms in total. The van der Waals surface area contributed by atoms with E-state index < -0.39 is 18.0 Å². The number of amides is 5. The van der Waals surface area contributed by atoms with Crippen LogP contribution in [0, 0.1) is 0 Å². The maximum absolute atomic E-state index is 13.1. The fourth-order valence-electron chi connectivity index (χ4n) is 6.18. The molecule has 2 unspecified atom stereocenters. The number of aromatic nitrogens is 2. The average Bonchev–Trinajstić information content (AvgIpc) is 3.60. The zero-order valence-corrected chi connectivity index (χ0v) is 25.7. The van der Waals surface area contributed by atoms with Gasteiger partial charge in [0.25, 0.3) is 11.8 Å². The molecule has 3 aliphatic heterocycles. The molecule has 3 aliphatic rings. The molecule has 6 rings (SSSR count). The lowest BCUT2D eigenvalue weighted by atomic mass is 10.0. The van der Waals surface area contributed by atoms with Crippen molar-refractivity contribution in [3.8, 4) is 0 Å². The molecule has 242 valence electrons. The highest BCUT2D eigenvalue weighted by molar-refractivity contribution is 6.06. The number of hydrogen-bond donors (Lipinski definition) is 4. The lowest BCUT2D eigenvalue weighted by Gasteiger charge is -2.29. The van der Waals surface area contributed by atoms with Crippen LogP contribution in [0.1, 0.15) is 68.9 Å². The van der Waals surface area contributed by atoms with Crippen LogP contribution in [0.2, 0.25) is 0 Å². The van der Waals surface area contributed by atoms with Crippen LogP contribution in [-0.2, 0) is 45.4 Å². The summed E-state index contributed by atoms with van der Waals surface area (Å²) >= 11 is 0. The number of rotatable bonds is 12. The molecule has 1 saturated heterocycles. The number of benzene rings is 2. The second-order valence-corrected chi connectivity index (χ2v) is 11.6. The summed E-state index contributed by atoms with van der Waals surface area (Å²) in [5.74, 6) is -1.44. The first-order chi connectivity index (χ1) is 22.8. The predicted molar refractivity (Wildman–Crippen MR) is 169 cm³/mol. The fourth-order valence-corrected chi connectivity index (χ4v) is 6.18. The standard InChI is InChI=1S/C33H34N8O6/c1-34-29(43)10-8-21(18-42)40-16-24-22(32(40)46)4-2-6-26(24)37-14-19-12-36-20(13-35-19)15-38-27-7-3-5-23-25(27)17-41(33(23)47)28-9-11-30(44)39-31(28)45/h2-7,12-13,18,21,28,37-38H,8-11,14-17H2,1H3,(H,34,43)(H,39,44,45). The van der Waals surface area contributed by atoms with Crippen molar-refractivity contribution in [2.24, 2.45) is 0 Å². The third-order valence-corrected chi connectivity index (χ3v) is 8.76. The number of hydrogen-bond acceptors (Lipinski definition) is 10. The van der Waals surface area contributed by atoms with Crippen molar-refractivity contribution < 1.29 is 28.8 Å². The van der Waals surface area contributed by atoms with Crippen LogP contribution in [-0.4, -0.2) is 74.7 Å². The van der Waals surface area contributed by atoms with Crippen molar-refractivity contribution >= 4 is 47.2 Å². The van der Waals surface area contributed by atoms with Gasteiger partial charge < -0.3 is 30.5 Å². The first-order valence-corrected chi connectivity index (χ1v) is 15.4. The van der Waals surface area contributed by atoms with Gasteiger partial charge in [0.2, 0.25) is 17.7 Å². The van der Waals surface area contributed by atoms with E-state index in [0.29, 0.717) is 48.3 Å². The maximum Gasteiger partial charge on any atom is 0.255 e. The summed E-state index contributed by atoms with van der Waals surface area (Å²) in [6.45, 7) is 1.22. The number of aldehydes is 1. The van der Waals surface area contributed by atoms with Gasteiger partial charge in [-0.05, 0) is 37.1 Å². The number of nitrogens with zero attached hydrogens (tertiary/aromatic N) is 4. The Kier molecular flexibility index (Phi) is 8.91. The maximum atomic E-state index is 13.1. The highest BCUT2D eigenvalue weighted by Gasteiger charge is 2.40. The minimum absolute atomic E-state index is 0.145. The topological polar surface area (TPSA) is 183 Å². The summed E-state index contributed by atoms with van der Waals surface area (Å²) in [7, 11) is 1.53. The second kappa shape index (κ2) is 13.4. The van der Waals surface area contributed by atoms with Gasteiger partial charge in [-0.2, -0.15) is 0 Å². The molecule has 2 atom stereocenters. The average molecular weight is 639 g/mol. The number of fused-ring (bicyclic) bond motifs is 2. The summed E-state index contributed by atoms with van der Waals surface area (Å²) in [5, 5.41) is 11.5. The SMILES string of the molecule is CNC(=O)CCC(C=O)N1Cc2c(NCc3cnc(CNc4cccc5c4CN(C4CCC(=O)NC4=O)C5=O)cn3)cccc2C1=O. The normalized spacial score (nSPS) is 17.6. The number of piperidine rings is 1. The van der Waals surface area contributed by atoms with E-state index in [0.717, 1.165) is 22.5 Å². The molecular formula is C33H34N8O6. The molecule has 4 heterocycles. The number of anilines is 2. The third-order valence-electron chi connectivity index (χ3n) is 8.76. The Morgan fingerprint density at radius 1 is 0.936 bits per heavy atom. The van der Waals surface area contributed by atoms with Crippen LogP contribution in [0.15, 0.2) is 48.8 Å². The second-order valence-electron chi connectivity index (χ2n) is 11.6. The van der Waals surface area contributed by atoms with Gasteiger partial charge in [-0.15, -0.1) is 0 Å². The van der Waals surface area contributed by atoms with E-state index in [9.17, 15) is 28.8 Å². The Balaban J connectivity index is 1.05. The Hall–Kier alpha value is -5.66. The highest BCUT2D eigenvalue weighted by Crippen LogP contribution is 2.33. The fraction of sp³-hybridized carbons (Fsp3) is 0.333. The number of carbonyl (C=O) groups is 6. The van der Waals surface area contributed by atoms with Crippen LogP contribution in [0.3, 0.4) is 0 Å². The van der Waals surface area contributed by atoms with Crippen LogP contribution in [0.4, 0.5) is 11.4 Å². The molecular weight excluding hydrogens is 604 g/mol. The minimum Gasteiger partial charge on any atom is -0.379 e. The van der Waals surface area contributed by atoms with Crippen molar-refractivity contribution in [3.63, 3.8) is 0 Å². The quantitative estimate of drug-likeness (QED) is 0.168. The van der Waals surface area contributed by atoms with Gasteiger partial charge in [0, 0.05) is 66.6 Å². The minimum atomic E-state index is -0.700. The molecule has 0 saturated carbocycles. The molecule has 1 aromatic heterocycles. The molecule has 0 aliphatic carbocycles. The van der Waals surface area contributed by atoms with Gasteiger partial charge in [-0.25, -0.2) is 0 Å². The number of imide groups is 1. The van der Waals surface area contributed by atoms with Crippen molar-refractivity contribution in [3.05, 3.63) is 82.4 Å². The molecule has 0 radical (unpaired) electrons. The Morgan fingerprint density at radius 2 is 1.55 bits per heavy atom. The summed E-state index contributed by atoms with van der Waals surface area (Å²) in [4.78, 5) is 85.7. The van der Waals surface area contributed by atoms with Gasteiger partial charge >= 0.3 is 0 Å². The van der Waals surface area contributed by atoms with Gasteiger partial charge in [0.15, 0.2) is 0 Å². The molecule has 1 fully saturated rings. The van der Waals surface area contributed by atoms with Crippen LogP contribution in [0.5, 0.6) is 0 Å². The van der Waals surface area contributed by atoms with E-state index in [1.165, 1.54) is 16.8 Å². The largest absolute Gasteiger partial charge is 0.379 e. The van der Waals surface area contributed by atoms with E-state index in [4.69, 9.17) is 0 Å². The first-order valence-electron chi connectivity index (χ1n) is 15.4. The Labute approximate surface area is 270 Å². The third kappa shape index (κ3) is 6.39. The Morgan fingerprint density at radius 3 is 2.13 bits per heavy atom. The van der Waals surface area contributed by atoms with Crippen LogP contribution >= 0.6 is 0 Å². The zero-order chi connectivity index (χ0) is 33.1. The molecule has 0 bridgehead atoms. The summed E-state index contributed by atoms with van der Waals surface area (Å²) in [5.41, 5.74) is 5.47. The van der Waals surface area contributed by atoms with Crippen molar-refractivity contribution in [1.82, 2.24) is 30.4 Å². The molecule has 0 spiro atoms. The number of carbonyl (C=O) groups excluding carboxylic acids is 6. The summed E-state index contributed by atoms with van der Waals surface area (Å²) < 4.78 is 0. The smallest absolute Gasteiger partial charge is 0.255 e. The van der Waals surface area contributed by atoms with Crippen molar-refractivity contribution in [2.45, 2.75) is 63.9 Å². The van der Waals surface area contributed by atoms with E-state index >= 15 is 0 Å². The van der Waals surface area contributed by atoms with E-state index in [2.05, 4.69) is 31.2 Å². The predicted octanol–water partition coefficient (Wildman–Crippen LogP) is 1.51. The van der Waals surface area contributed by atoms with E-state index in [1.54, 1.807) is 36.7 Å². The lowest BCUT2D eigenvalue weighted by molar-refractivity contribution is -0.137. The van der Waals surface area contributed by atoms with Crippen molar-refractivity contribution in [2.75, 3.05) is 17.7 Å². The molecule has 47 heavy (non-hydrogen) atoms. The molecule has 3 aromatic rings. The first kappa shape index (κ1) is 31.3. The molecule has 4 N–H and O–H groups in total. The van der Waals surface area contributed by atoms with Crippen LogP contribution < -0.4 is 21.3 Å². The molecule has 5 amide bonds. The van der Waals surface area contributed by atoms with Gasteiger partial charge in [-0.3, -0.25) is 39.3 Å². The monoisotopic (exact) mass is 638 g/mol. The number of nitrogens with one attached hydrogen (secondary N) is 4.